The van der Waals surface area contributed by atoms with Crippen molar-refractivity contribution in [1.29, 1.82) is 0 Å². The number of benzene rings is 6. The predicted octanol–water partition coefficient (Wildman–Crippen LogP) is 11.8. The minimum atomic E-state index is -0.0825. The van der Waals surface area contributed by atoms with Crippen molar-refractivity contribution < 1.29 is 4.42 Å². The highest BCUT2D eigenvalue weighted by atomic mass is 79.9. The lowest BCUT2D eigenvalue weighted by Crippen LogP contribution is -2.16. The fraction of sp³-hybridized carbons (Fsp3) is 0.0769. The zero-order chi connectivity index (χ0) is 28.4. The van der Waals surface area contributed by atoms with E-state index in [0.29, 0.717) is 0 Å². The van der Waals surface area contributed by atoms with Gasteiger partial charge < -0.3 is 9.32 Å². The quantitative estimate of drug-likeness (QED) is 0.198. The normalized spacial score (nSPS) is 13.3. The fourth-order valence-electron chi connectivity index (χ4n) is 6.59. The molecule has 0 saturated heterocycles. The largest absolute Gasteiger partial charge is 0.456 e. The maximum Gasteiger partial charge on any atom is 0.137 e. The van der Waals surface area contributed by atoms with Crippen molar-refractivity contribution in [3.05, 3.63) is 149 Å². The third-order valence-corrected chi connectivity index (χ3v) is 9.23. The van der Waals surface area contributed by atoms with Gasteiger partial charge in [-0.25, -0.2) is 0 Å². The van der Waals surface area contributed by atoms with Crippen molar-refractivity contribution in [2.24, 2.45) is 0 Å². The minimum absolute atomic E-state index is 0.0825. The van der Waals surface area contributed by atoms with E-state index in [1.54, 1.807) is 0 Å². The molecule has 1 aliphatic rings. The molecule has 0 amide bonds. The molecule has 0 saturated carbocycles. The molecule has 0 aliphatic heterocycles. The van der Waals surface area contributed by atoms with Gasteiger partial charge >= 0.3 is 0 Å². The van der Waals surface area contributed by atoms with Crippen LogP contribution in [0.3, 0.4) is 0 Å². The maximum atomic E-state index is 6.37. The minimum Gasteiger partial charge on any atom is -0.456 e. The summed E-state index contributed by atoms with van der Waals surface area (Å²) in [5.74, 6) is 0. The average molecular weight is 607 g/mol. The van der Waals surface area contributed by atoms with Crippen LogP contribution in [0.1, 0.15) is 25.0 Å². The van der Waals surface area contributed by atoms with E-state index in [9.17, 15) is 0 Å². The Hall–Kier alpha value is -4.60. The summed E-state index contributed by atoms with van der Waals surface area (Å²) in [4.78, 5) is 2.34. The van der Waals surface area contributed by atoms with Crippen LogP contribution in [-0.2, 0) is 5.41 Å². The van der Waals surface area contributed by atoms with Gasteiger partial charge in [0, 0.05) is 43.8 Å². The number of hydrogen-bond donors (Lipinski definition) is 0. The number of halogens is 1. The lowest BCUT2D eigenvalue weighted by molar-refractivity contribution is 0.660. The van der Waals surface area contributed by atoms with Gasteiger partial charge in [0.1, 0.15) is 11.2 Å². The van der Waals surface area contributed by atoms with Gasteiger partial charge in [-0.3, -0.25) is 0 Å². The molecule has 0 radical (unpaired) electrons. The van der Waals surface area contributed by atoms with Gasteiger partial charge in [-0.15, -0.1) is 0 Å². The first-order valence-corrected chi connectivity index (χ1v) is 15.1. The van der Waals surface area contributed by atoms with Crippen molar-refractivity contribution >= 4 is 54.9 Å². The topological polar surface area (TPSA) is 16.4 Å². The molecule has 0 atom stereocenters. The van der Waals surface area contributed by atoms with Crippen molar-refractivity contribution in [3.8, 4) is 22.3 Å². The second-order valence-corrected chi connectivity index (χ2v) is 12.5. The predicted molar refractivity (Wildman–Crippen MR) is 179 cm³/mol. The van der Waals surface area contributed by atoms with Crippen LogP contribution in [0.2, 0.25) is 0 Å². The van der Waals surface area contributed by atoms with E-state index in [4.69, 9.17) is 4.42 Å². The van der Waals surface area contributed by atoms with Crippen molar-refractivity contribution in [3.63, 3.8) is 0 Å². The molecule has 0 N–H and O–H groups in total. The molecule has 202 valence electrons. The first-order chi connectivity index (χ1) is 20.5. The second kappa shape index (κ2) is 9.47. The number of nitrogens with zero attached hydrogens (tertiary/aromatic N) is 1. The Morgan fingerprint density at radius 2 is 1.12 bits per heavy atom. The first-order valence-electron chi connectivity index (χ1n) is 14.3. The highest BCUT2D eigenvalue weighted by Gasteiger charge is 2.35. The lowest BCUT2D eigenvalue weighted by atomic mass is 9.82. The summed E-state index contributed by atoms with van der Waals surface area (Å²) in [6, 6.07) is 47.9. The summed E-state index contributed by atoms with van der Waals surface area (Å²) in [6.07, 6.45) is 0. The summed E-state index contributed by atoms with van der Waals surface area (Å²) in [7, 11) is 0. The van der Waals surface area contributed by atoms with Crippen LogP contribution < -0.4 is 4.90 Å². The molecule has 42 heavy (non-hydrogen) atoms. The molecule has 6 aromatic carbocycles. The third-order valence-electron chi connectivity index (χ3n) is 8.74. The smallest absolute Gasteiger partial charge is 0.137 e. The molecule has 1 heterocycles. The summed E-state index contributed by atoms with van der Waals surface area (Å²) in [5.41, 5.74) is 12.7. The molecule has 0 spiro atoms. The molecule has 0 fully saturated rings. The molecule has 7 aromatic rings. The van der Waals surface area contributed by atoms with E-state index >= 15 is 0 Å². The van der Waals surface area contributed by atoms with Crippen molar-refractivity contribution in [1.82, 2.24) is 0 Å². The van der Waals surface area contributed by atoms with Gasteiger partial charge in [0.15, 0.2) is 0 Å². The Morgan fingerprint density at radius 1 is 0.524 bits per heavy atom. The molecule has 1 aromatic heterocycles. The van der Waals surface area contributed by atoms with Crippen molar-refractivity contribution in [2.45, 2.75) is 19.3 Å². The number of rotatable bonds is 4. The van der Waals surface area contributed by atoms with Gasteiger partial charge in [0.05, 0.1) is 0 Å². The molecular weight excluding hydrogens is 578 g/mol. The molecule has 1 aliphatic carbocycles. The highest BCUT2D eigenvalue weighted by molar-refractivity contribution is 9.10. The van der Waals surface area contributed by atoms with Gasteiger partial charge in [-0.2, -0.15) is 0 Å². The van der Waals surface area contributed by atoms with Crippen LogP contribution in [0.4, 0.5) is 17.1 Å². The summed E-state index contributed by atoms with van der Waals surface area (Å²) in [6.45, 7) is 4.66. The summed E-state index contributed by atoms with van der Waals surface area (Å²) in [5, 5.41) is 2.24. The number of hydrogen-bond acceptors (Lipinski definition) is 2. The Balaban J connectivity index is 1.30. The van der Waals surface area contributed by atoms with Crippen LogP contribution in [0.5, 0.6) is 0 Å². The molecule has 2 nitrogen and oxygen atoms in total. The lowest BCUT2D eigenvalue weighted by Gasteiger charge is -2.28. The SMILES string of the molecule is CC1(C)c2ccccc2-c2ccc(N(c3ccc(-c4ccccc4)cc3)c3ccc4c(c3)oc3cc(Br)ccc34)cc21. The average Bonchev–Trinajstić information content (AvgIpc) is 3.49. The van der Waals surface area contributed by atoms with Crippen LogP contribution in [0.25, 0.3) is 44.2 Å². The van der Waals surface area contributed by atoms with Crippen LogP contribution in [-0.4, -0.2) is 0 Å². The zero-order valence-electron chi connectivity index (χ0n) is 23.4. The van der Waals surface area contributed by atoms with Crippen LogP contribution >= 0.6 is 15.9 Å². The second-order valence-electron chi connectivity index (χ2n) is 11.6. The van der Waals surface area contributed by atoms with Gasteiger partial charge in [-0.1, -0.05) is 103 Å². The molecule has 0 bridgehead atoms. The zero-order valence-corrected chi connectivity index (χ0v) is 25.0. The maximum absolute atomic E-state index is 6.37. The molecule has 0 unspecified atom stereocenters. The fourth-order valence-corrected chi connectivity index (χ4v) is 6.93. The van der Waals surface area contributed by atoms with E-state index in [0.717, 1.165) is 43.5 Å². The Kier molecular flexibility index (Phi) is 5.67. The molecular formula is C39H28BrNO. The highest BCUT2D eigenvalue weighted by Crippen LogP contribution is 2.50. The van der Waals surface area contributed by atoms with Crippen molar-refractivity contribution in [2.75, 3.05) is 4.90 Å². The number of furan rings is 1. The Morgan fingerprint density at radius 3 is 1.93 bits per heavy atom. The van der Waals surface area contributed by atoms with Crippen LogP contribution in [0.15, 0.2) is 142 Å². The van der Waals surface area contributed by atoms with Gasteiger partial charge in [0.2, 0.25) is 0 Å². The van der Waals surface area contributed by atoms with Crippen LogP contribution in [0, 0.1) is 0 Å². The standard InChI is InChI=1S/C39H28BrNO/c1-39(2)35-11-7-6-10-31(35)32-20-17-29(23-36(32)39)41(28-15-12-26(13-16-28)25-8-4-3-5-9-25)30-18-21-34-33-19-14-27(40)22-37(33)42-38(34)24-30/h3-24H,1-2H3. The molecule has 3 heteroatoms. The van der Waals surface area contributed by atoms with E-state index < -0.39 is 0 Å². The van der Waals surface area contributed by atoms with E-state index in [2.05, 4.69) is 162 Å². The summed E-state index contributed by atoms with van der Waals surface area (Å²) >= 11 is 3.59. The molecule has 8 rings (SSSR count). The monoisotopic (exact) mass is 605 g/mol. The van der Waals surface area contributed by atoms with Gasteiger partial charge in [0.25, 0.3) is 0 Å². The van der Waals surface area contributed by atoms with Gasteiger partial charge in [-0.05, 0) is 88.0 Å². The number of anilines is 3. The van der Waals surface area contributed by atoms with E-state index in [1.807, 2.05) is 6.07 Å². The van der Waals surface area contributed by atoms with E-state index in [1.165, 1.54) is 33.4 Å². The first kappa shape index (κ1) is 25.1. The third kappa shape index (κ3) is 3.92. The van der Waals surface area contributed by atoms with E-state index in [-0.39, 0.29) is 5.41 Å². The Bertz CT molecular complexity index is 2120. The Labute approximate surface area is 254 Å². The summed E-state index contributed by atoms with van der Waals surface area (Å²) < 4.78 is 7.38. The number of fused-ring (bicyclic) bond motifs is 6.